The van der Waals surface area contributed by atoms with Crippen LogP contribution in [-0.4, -0.2) is 35.1 Å². The quantitative estimate of drug-likeness (QED) is 0.608. The van der Waals surface area contributed by atoms with Crippen molar-refractivity contribution in [2.24, 2.45) is 23.2 Å². The minimum absolute atomic E-state index is 0.0145. The molecule has 2 heterocycles. The zero-order valence-corrected chi connectivity index (χ0v) is 21.1. The molecule has 7 rings (SSSR count). The van der Waals surface area contributed by atoms with Crippen LogP contribution in [0.15, 0.2) is 30.6 Å². The van der Waals surface area contributed by atoms with E-state index in [-0.39, 0.29) is 30.0 Å². The highest BCUT2D eigenvalue weighted by Gasteiger charge is 2.54. The Morgan fingerprint density at radius 2 is 1.76 bits per heavy atom. The molecule has 198 valence electrons. The fourth-order valence-electron chi connectivity index (χ4n) is 7.44. The Bertz CT molecular complexity index is 1310. The summed E-state index contributed by atoms with van der Waals surface area (Å²) in [5, 5.41) is 3.08. The number of carbonyl (C=O) groups is 1. The fraction of sp³-hybridized carbons (Fsp3) is 0.577. The Hall–Kier alpha value is -2.53. The predicted molar refractivity (Wildman–Crippen MR) is 129 cm³/mol. The van der Waals surface area contributed by atoms with Crippen molar-refractivity contribution in [3.05, 3.63) is 53.0 Å². The predicted octanol–water partition coefficient (Wildman–Crippen LogP) is 4.54. The average molecular weight is 535 g/mol. The Morgan fingerprint density at radius 1 is 1.08 bits per heavy atom. The van der Waals surface area contributed by atoms with E-state index in [0.29, 0.717) is 35.7 Å². The number of alkyl halides is 3. The molecular formula is C26H29F3N4O3S. The van der Waals surface area contributed by atoms with Gasteiger partial charge in [0, 0.05) is 12.1 Å². The molecule has 1 aromatic carbocycles. The van der Waals surface area contributed by atoms with Crippen LogP contribution in [-0.2, 0) is 39.7 Å². The molecule has 0 atom stereocenters. The van der Waals surface area contributed by atoms with E-state index in [1.807, 2.05) is 0 Å². The lowest BCUT2D eigenvalue weighted by Crippen LogP contribution is -2.52. The molecule has 1 N–H and O–H groups in total. The first-order chi connectivity index (χ1) is 17.5. The first-order valence-electron chi connectivity index (χ1n) is 12.8. The molecule has 37 heavy (non-hydrogen) atoms. The van der Waals surface area contributed by atoms with Crippen LogP contribution >= 0.6 is 0 Å². The summed E-state index contributed by atoms with van der Waals surface area (Å²) in [6.07, 6.45) is 3.60. The highest BCUT2D eigenvalue weighted by Crippen LogP contribution is 2.60. The van der Waals surface area contributed by atoms with Gasteiger partial charge in [0.25, 0.3) is 0 Å². The molecule has 0 spiro atoms. The summed E-state index contributed by atoms with van der Waals surface area (Å²) in [6.45, 7) is 0.126. The lowest BCUT2D eigenvalue weighted by molar-refractivity contribution is -0.140. The largest absolute Gasteiger partial charge is 0.416 e. The molecule has 0 radical (unpaired) electrons. The van der Waals surface area contributed by atoms with Gasteiger partial charge < -0.3 is 5.32 Å². The number of anilines is 1. The van der Waals surface area contributed by atoms with E-state index in [2.05, 4.69) is 15.3 Å². The van der Waals surface area contributed by atoms with Crippen molar-refractivity contribution in [3.63, 3.8) is 0 Å². The maximum atomic E-state index is 13.5. The normalized spacial score (nSPS) is 29.2. The summed E-state index contributed by atoms with van der Waals surface area (Å²) >= 11 is 0. The zero-order chi connectivity index (χ0) is 26.0. The van der Waals surface area contributed by atoms with Gasteiger partial charge in [0.2, 0.25) is 15.9 Å². The summed E-state index contributed by atoms with van der Waals surface area (Å²) in [7, 11) is -3.89. The van der Waals surface area contributed by atoms with Gasteiger partial charge in [0.05, 0.1) is 29.0 Å². The van der Waals surface area contributed by atoms with Crippen LogP contribution < -0.4 is 5.32 Å². The van der Waals surface area contributed by atoms with E-state index in [1.54, 1.807) is 0 Å². The molecule has 4 saturated carbocycles. The van der Waals surface area contributed by atoms with Crippen molar-refractivity contribution in [2.75, 3.05) is 11.9 Å². The van der Waals surface area contributed by atoms with Gasteiger partial charge in [-0.05, 0) is 74.3 Å². The van der Waals surface area contributed by atoms with Crippen molar-refractivity contribution in [1.29, 1.82) is 0 Å². The second-order valence-electron chi connectivity index (χ2n) is 11.3. The molecule has 0 unspecified atom stereocenters. The van der Waals surface area contributed by atoms with Gasteiger partial charge >= 0.3 is 6.18 Å². The Balaban J connectivity index is 1.17. The molecule has 4 bridgehead atoms. The van der Waals surface area contributed by atoms with Crippen molar-refractivity contribution < 1.29 is 26.4 Å². The van der Waals surface area contributed by atoms with Gasteiger partial charge in [-0.1, -0.05) is 18.2 Å². The van der Waals surface area contributed by atoms with E-state index in [0.717, 1.165) is 37.0 Å². The number of rotatable bonds is 5. The highest BCUT2D eigenvalue weighted by molar-refractivity contribution is 7.88. The lowest BCUT2D eigenvalue weighted by atomic mass is 9.49. The number of halogens is 3. The SMILES string of the molecule is O=C(Nc1ncnc2c1CCN(S(=O)(=O)Cc1cccc(C(F)(F)F)c1)C2)C12CC3CC(CC(C3)C1)C2. The molecule has 2 aromatic rings. The smallest absolute Gasteiger partial charge is 0.310 e. The maximum absolute atomic E-state index is 13.5. The van der Waals surface area contributed by atoms with Crippen LogP contribution in [0, 0.1) is 23.2 Å². The van der Waals surface area contributed by atoms with E-state index in [4.69, 9.17) is 0 Å². The fourth-order valence-corrected chi connectivity index (χ4v) is 8.92. The Labute approximate surface area is 213 Å². The standard InChI is InChI=1S/C26H29F3N4O3S/c27-26(28,29)20-3-1-2-16(9-20)14-37(35,36)33-5-4-21-22(13-33)30-15-31-23(21)32-24(34)25-10-17-6-18(11-25)8-19(7-17)12-25/h1-3,9,15,17-19H,4-8,10-14H2,(H,30,31,32,34). The zero-order valence-electron chi connectivity index (χ0n) is 20.3. The number of sulfonamides is 1. The number of nitrogens with one attached hydrogen (secondary N) is 1. The summed E-state index contributed by atoms with van der Waals surface area (Å²) in [4.78, 5) is 22.1. The van der Waals surface area contributed by atoms with Crippen molar-refractivity contribution in [2.45, 2.75) is 63.4 Å². The van der Waals surface area contributed by atoms with Gasteiger partial charge in [-0.25, -0.2) is 18.4 Å². The third-order valence-corrected chi connectivity index (χ3v) is 10.5. The van der Waals surface area contributed by atoms with Crippen molar-refractivity contribution in [3.8, 4) is 0 Å². The number of amides is 1. The van der Waals surface area contributed by atoms with E-state index >= 15 is 0 Å². The molecule has 4 aliphatic carbocycles. The molecule has 1 aliphatic heterocycles. The minimum Gasteiger partial charge on any atom is -0.310 e. The van der Waals surface area contributed by atoms with Crippen LogP contribution in [0.1, 0.15) is 60.9 Å². The Morgan fingerprint density at radius 3 is 2.41 bits per heavy atom. The average Bonchev–Trinajstić information content (AvgIpc) is 2.82. The van der Waals surface area contributed by atoms with Gasteiger partial charge in [0.15, 0.2) is 0 Å². The van der Waals surface area contributed by atoms with Crippen LogP contribution in [0.25, 0.3) is 0 Å². The number of benzene rings is 1. The topological polar surface area (TPSA) is 92.3 Å². The monoisotopic (exact) mass is 534 g/mol. The van der Waals surface area contributed by atoms with E-state index in [9.17, 15) is 26.4 Å². The minimum atomic E-state index is -4.54. The molecule has 1 amide bonds. The van der Waals surface area contributed by atoms with Crippen molar-refractivity contribution >= 4 is 21.7 Å². The van der Waals surface area contributed by atoms with Gasteiger partial charge in [-0.15, -0.1) is 0 Å². The third-order valence-electron chi connectivity index (χ3n) is 8.72. The number of hydrogen-bond donors (Lipinski definition) is 1. The van der Waals surface area contributed by atoms with Gasteiger partial charge in [-0.3, -0.25) is 4.79 Å². The van der Waals surface area contributed by atoms with Gasteiger partial charge in [-0.2, -0.15) is 17.5 Å². The first-order valence-corrected chi connectivity index (χ1v) is 14.4. The van der Waals surface area contributed by atoms with Crippen LogP contribution in [0.4, 0.5) is 19.0 Å². The molecule has 0 saturated heterocycles. The van der Waals surface area contributed by atoms with Crippen LogP contribution in [0.2, 0.25) is 0 Å². The van der Waals surface area contributed by atoms with Crippen LogP contribution in [0.3, 0.4) is 0 Å². The number of hydrogen-bond acceptors (Lipinski definition) is 5. The molecule has 4 fully saturated rings. The summed E-state index contributed by atoms with van der Waals surface area (Å²) in [5.41, 5.74) is 0.102. The second-order valence-corrected chi connectivity index (χ2v) is 13.3. The number of fused-ring (bicyclic) bond motifs is 1. The van der Waals surface area contributed by atoms with Gasteiger partial charge in [0.1, 0.15) is 12.1 Å². The van der Waals surface area contributed by atoms with E-state index < -0.39 is 27.5 Å². The molecule has 7 nitrogen and oxygen atoms in total. The maximum Gasteiger partial charge on any atom is 0.416 e. The molecule has 1 aromatic heterocycles. The first kappa shape index (κ1) is 24.8. The van der Waals surface area contributed by atoms with Crippen LogP contribution in [0.5, 0.6) is 0 Å². The highest BCUT2D eigenvalue weighted by atomic mass is 32.2. The van der Waals surface area contributed by atoms with E-state index in [1.165, 1.54) is 42.0 Å². The molecule has 5 aliphatic rings. The number of carbonyl (C=O) groups excluding carboxylic acids is 1. The third kappa shape index (κ3) is 4.65. The summed E-state index contributed by atoms with van der Waals surface area (Å²) in [5.74, 6) is 1.82. The number of aromatic nitrogens is 2. The number of nitrogens with zero attached hydrogens (tertiary/aromatic N) is 3. The lowest BCUT2D eigenvalue weighted by Gasteiger charge is -2.55. The van der Waals surface area contributed by atoms with Crippen molar-refractivity contribution in [1.82, 2.24) is 14.3 Å². The Kier molecular flexibility index (Phi) is 5.87. The molecular weight excluding hydrogens is 505 g/mol. The summed E-state index contributed by atoms with van der Waals surface area (Å²) in [6, 6.07) is 4.38. The molecule has 11 heteroatoms. The summed E-state index contributed by atoms with van der Waals surface area (Å²) < 4.78 is 66.6. The second kappa shape index (κ2) is 8.76.